The fourth-order valence-electron chi connectivity index (χ4n) is 6.75. The average Bonchev–Trinajstić information content (AvgIpc) is 3.21. The molecule has 0 radical (unpaired) electrons. The topological polar surface area (TPSA) is 117 Å². The minimum atomic E-state index is -4.28. The Morgan fingerprint density at radius 2 is 0.966 bits per heavy atom. The maximum absolute atomic E-state index is 12.6. The van der Waals surface area contributed by atoms with Crippen molar-refractivity contribution in [1.82, 2.24) is 0 Å². The van der Waals surface area contributed by atoms with Crippen LogP contribution in [-0.2, 0) is 27.9 Å². The molecule has 9 heteroatoms. The van der Waals surface area contributed by atoms with Crippen LogP contribution in [0.1, 0.15) is 219 Å². The summed E-state index contributed by atoms with van der Waals surface area (Å²) in [6, 6.07) is 0. The van der Waals surface area contributed by atoms with E-state index >= 15 is 0 Å². The summed E-state index contributed by atoms with van der Waals surface area (Å²) in [6.07, 6.45) is 55.6. The number of esters is 1. The number of ether oxygens (including phenoxy) is 2. The molecule has 2 unspecified atom stereocenters. The molecule has 0 saturated heterocycles. The van der Waals surface area contributed by atoms with E-state index in [0.717, 1.165) is 64.2 Å². The molecule has 0 fully saturated rings. The van der Waals surface area contributed by atoms with Gasteiger partial charge in [0.15, 0.2) is 0 Å². The summed E-state index contributed by atoms with van der Waals surface area (Å²) >= 11 is 0. The van der Waals surface area contributed by atoms with Crippen molar-refractivity contribution < 1.29 is 32.8 Å². The maximum Gasteiger partial charge on any atom is 0.472 e. The number of carbonyl (C=O) groups is 1. The first kappa shape index (κ1) is 56.5. The zero-order valence-electron chi connectivity index (χ0n) is 37.8. The number of carbonyl (C=O) groups excluding carboxylic acids is 1. The number of hydrogen-bond donors (Lipinski definition) is 2. The summed E-state index contributed by atoms with van der Waals surface area (Å²) in [5.41, 5.74) is 5.38. The number of phosphoric acid groups is 1. The first-order valence-electron chi connectivity index (χ1n) is 24.1. The largest absolute Gasteiger partial charge is 0.472 e. The molecule has 0 saturated carbocycles. The molecule has 0 bridgehead atoms. The first-order valence-corrected chi connectivity index (χ1v) is 25.6. The number of unbranched alkanes of at least 4 members (excludes halogenated alkanes) is 25. The lowest BCUT2D eigenvalue weighted by atomic mass is 10.0. The number of rotatable bonds is 46. The monoisotopic (exact) mass is 838 g/mol. The van der Waals surface area contributed by atoms with Gasteiger partial charge in [-0.2, -0.15) is 0 Å². The molecular formula is C49H92NO7P. The lowest BCUT2D eigenvalue weighted by molar-refractivity contribution is -0.154. The van der Waals surface area contributed by atoms with Crippen LogP contribution in [0.2, 0.25) is 0 Å². The fraction of sp³-hybridized carbons (Fsp3) is 0.816. The molecular weight excluding hydrogens is 746 g/mol. The third-order valence-corrected chi connectivity index (χ3v) is 11.2. The van der Waals surface area contributed by atoms with Gasteiger partial charge in [0.1, 0.15) is 6.10 Å². The van der Waals surface area contributed by atoms with Gasteiger partial charge in [0.25, 0.3) is 0 Å². The second-order valence-corrected chi connectivity index (χ2v) is 17.4. The lowest BCUT2D eigenvalue weighted by Crippen LogP contribution is -2.28. The quantitative estimate of drug-likeness (QED) is 0.0269. The van der Waals surface area contributed by atoms with Gasteiger partial charge in [0.2, 0.25) is 0 Å². The van der Waals surface area contributed by atoms with Gasteiger partial charge in [-0.15, -0.1) is 0 Å². The highest BCUT2D eigenvalue weighted by molar-refractivity contribution is 7.47. The molecule has 0 aliphatic carbocycles. The minimum Gasteiger partial charge on any atom is -0.457 e. The highest BCUT2D eigenvalue weighted by Crippen LogP contribution is 2.43. The molecule has 0 amide bonds. The van der Waals surface area contributed by atoms with E-state index in [2.05, 4.69) is 62.5 Å². The van der Waals surface area contributed by atoms with Gasteiger partial charge in [-0.05, 0) is 51.4 Å². The summed E-state index contributed by atoms with van der Waals surface area (Å²) in [5, 5.41) is 0. The molecule has 0 aliphatic rings. The van der Waals surface area contributed by atoms with Crippen LogP contribution < -0.4 is 5.73 Å². The van der Waals surface area contributed by atoms with E-state index in [-0.39, 0.29) is 32.3 Å². The normalized spacial score (nSPS) is 13.8. The third kappa shape index (κ3) is 45.5. The molecule has 340 valence electrons. The Balaban J connectivity index is 3.98. The fourth-order valence-corrected chi connectivity index (χ4v) is 7.52. The predicted molar refractivity (Wildman–Crippen MR) is 247 cm³/mol. The molecule has 0 rings (SSSR count). The predicted octanol–water partition coefficient (Wildman–Crippen LogP) is 14.8. The van der Waals surface area contributed by atoms with Crippen LogP contribution in [0.15, 0.2) is 48.6 Å². The molecule has 3 N–H and O–H groups in total. The van der Waals surface area contributed by atoms with Crippen LogP contribution in [0.25, 0.3) is 0 Å². The highest BCUT2D eigenvalue weighted by Gasteiger charge is 2.25. The van der Waals surface area contributed by atoms with Gasteiger partial charge >= 0.3 is 13.8 Å². The maximum atomic E-state index is 12.6. The van der Waals surface area contributed by atoms with Crippen molar-refractivity contribution in [3.8, 4) is 0 Å². The molecule has 0 spiro atoms. The number of phosphoric ester groups is 1. The highest BCUT2D eigenvalue weighted by atomic mass is 31.2. The lowest BCUT2D eigenvalue weighted by Gasteiger charge is -2.20. The van der Waals surface area contributed by atoms with Gasteiger partial charge in [0, 0.05) is 19.6 Å². The average molecular weight is 838 g/mol. The van der Waals surface area contributed by atoms with Crippen molar-refractivity contribution in [2.24, 2.45) is 5.73 Å². The van der Waals surface area contributed by atoms with Crippen LogP contribution in [-0.4, -0.2) is 49.9 Å². The van der Waals surface area contributed by atoms with Gasteiger partial charge < -0.3 is 20.1 Å². The summed E-state index contributed by atoms with van der Waals surface area (Å²) in [6.45, 7) is 4.81. The second-order valence-electron chi connectivity index (χ2n) is 16.0. The van der Waals surface area contributed by atoms with E-state index in [1.807, 2.05) is 0 Å². The summed E-state index contributed by atoms with van der Waals surface area (Å²) in [4.78, 5) is 22.6. The zero-order valence-corrected chi connectivity index (χ0v) is 38.7. The van der Waals surface area contributed by atoms with Crippen molar-refractivity contribution >= 4 is 13.8 Å². The van der Waals surface area contributed by atoms with Crippen molar-refractivity contribution in [2.45, 2.75) is 225 Å². The molecule has 0 aromatic carbocycles. The van der Waals surface area contributed by atoms with E-state index in [1.165, 1.54) is 135 Å². The van der Waals surface area contributed by atoms with Crippen molar-refractivity contribution in [2.75, 3.05) is 33.0 Å². The molecule has 0 aromatic heterocycles. The van der Waals surface area contributed by atoms with Crippen LogP contribution in [0.5, 0.6) is 0 Å². The number of allylic oxidation sites excluding steroid dienone is 8. The molecule has 8 nitrogen and oxygen atoms in total. The Labute approximate surface area is 358 Å². The van der Waals surface area contributed by atoms with Gasteiger partial charge in [-0.25, -0.2) is 4.57 Å². The van der Waals surface area contributed by atoms with Crippen LogP contribution >= 0.6 is 7.82 Å². The second kappa shape index (κ2) is 46.5. The summed E-state index contributed by atoms with van der Waals surface area (Å²) in [5.74, 6) is -0.332. The summed E-state index contributed by atoms with van der Waals surface area (Å²) < 4.78 is 33.5. The van der Waals surface area contributed by atoms with Crippen molar-refractivity contribution in [3.63, 3.8) is 0 Å². The van der Waals surface area contributed by atoms with E-state index in [1.54, 1.807) is 0 Å². The number of hydrogen-bond acceptors (Lipinski definition) is 7. The summed E-state index contributed by atoms with van der Waals surface area (Å²) in [7, 11) is -4.28. The molecule has 0 heterocycles. The van der Waals surface area contributed by atoms with Gasteiger partial charge in [-0.3, -0.25) is 13.8 Å². The SMILES string of the molecule is CC/C=C\C/C=C\C/C=C\C/C=C\CCCCCCCCCOCC(COP(=O)(O)OCCN)OC(=O)CCCCCCCCCCCCCCCCCCCCC. The number of nitrogens with two attached hydrogens (primary N) is 1. The van der Waals surface area contributed by atoms with Crippen molar-refractivity contribution in [3.05, 3.63) is 48.6 Å². The molecule has 58 heavy (non-hydrogen) atoms. The first-order chi connectivity index (χ1) is 28.4. The standard InChI is InChI=1S/C49H92NO7P/c1-3-5-7-9-11-13-15-17-19-21-23-25-27-29-31-33-35-37-39-41-44-54-46-48(47-56-58(52,53)55-45-43-50)57-49(51)42-40-38-36-34-32-30-28-26-24-22-20-18-16-14-12-10-8-6-4-2/h5,7,11,13,17,19,23,25,48H,3-4,6,8-10,12,14-16,18,20-22,24,26-47,50H2,1-2H3,(H,52,53)/b7-5-,13-11-,19-17-,25-23-. The smallest absolute Gasteiger partial charge is 0.457 e. The third-order valence-electron chi connectivity index (χ3n) is 10.3. The Morgan fingerprint density at radius 1 is 0.534 bits per heavy atom. The molecule has 0 aromatic rings. The van der Waals surface area contributed by atoms with Crippen LogP contribution in [0, 0.1) is 0 Å². The Morgan fingerprint density at radius 3 is 1.45 bits per heavy atom. The van der Waals surface area contributed by atoms with E-state index in [4.69, 9.17) is 24.3 Å². The van der Waals surface area contributed by atoms with E-state index in [9.17, 15) is 14.3 Å². The molecule has 0 aliphatic heterocycles. The van der Waals surface area contributed by atoms with E-state index < -0.39 is 13.9 Å². The minimum absolute atomic E-state index is 0.0978. The van der Waals surface area contributed by atoms with Gasteiger partial charge in [-0.1, -0.05) is 210 Å². The Bertz CT molecular complexity index is 1030. The zero-order chi connectivity index (χ0) is 42.3. The molecule has 2 atom stereocenters. The van der Waals surface area contributed by atoms with E-state index in [0.29, 0.717) is 13.0 Å². The van der Waals surface area contributed by atoms with Crippen molar-refractivity contribution in [1.29, 1.82) is 0 Å². The van der Waals surface area contributed by atoms with Crippen LogP contribution in [0.3, 0.4) is 0 Å². The Hall–Kier alpha value is -1.54. The Kier molecular flexibility index (Phi) is 45.3. The van der Waals surface area contributed by atoms with Crippen LogP contribution in [0.4, 0.5) is 0 Å². The van der Waals surface area contributed by atoms with Gasteiger partial charge in [0.05, 0.1) is 19.8 Å².